The highest BCUT2D eigenvalue weighted by Crippen LogP contribution is 2.70. The largest absolute Gasteiger partial charge is 0.299 e. The highest BCUT2D eigenvalue weighted by molar-refractivity contribution is 5.89. The minimum atomic E-state index is -0.112. The zero-order chi connectivity index (χ0) is 15.4. The molecule has 3 aliphatic rings. The lowest BCUT2D eigenvalue weighted by atomic mass is 9.62. The first kappa shape index (κ1) is 15.1. The number of hydrogen-bond donors (Lipinski definition) is 0. The van der Waals surface area contributed by atoms with Gasteiger partial charge in [0, 0.05) is 11.3 Å². The summed E-state index contributed by atoms with van der Waals surface area (Å²) < 4.78 is 0. The molecule has 1 nitrogen and oxygen atoms in total. The third kappa shape index (κ3) is 1.85. The van der Waals surface area contributed by atoms with E-state index in [2.05, 4.69) is 40.0 Å². The molecule has 1 spiro atoms. The minimum absolute atomic E-state index is 0.112. The van der Waals surface area contributed by atoms with E-state index in [4.69, 9.17) is 0 Å². The van der Waals surface area contributed by atoms with Crippen molar-refractivity contribution in [2.24, 2.45) is 40.4 Å². The molecule has 21 heavy (non-hydrogen) atoms. The Morgan fingerprint density at radius 3 is 2.67 bits per heavy atom. The molecule has 0 aromatic rings. The Bertz CT molecular complexity index is 474. The monoisotopic (exact) mass is 286 g/mol. The van der Waals surface area contributed by atoms with Crippen molar-refractivity contribution in [1.29, 1.82) is 0 Å². The number of ketones is 1. The number of allylic oxidation sites excluding steroid dienone is 2. The Balaban J connectivity index is 2.02. The summed E-state index contributed by atoms with van der Waals surface area (Å²) in [7, 11) is 0. The summed E-state index contributed by atoms with van der Waals surface area (Å²) >= 11 is 0. The van der Waals surface area contributed by atoms with Crippen LogP contribution in [-0.2, 0) is 4.79 Å². The molecule has 3 rings (SSSR count). The molecule has 116 valence electrons. The summed E-state index contributed by atoms with van der Waals surface area (Å²) in [6.07, 6.45) is 9.55. The minimum Gasteiger partial charge on any atom is -0.299 e. The zero-order valence-corrected chi connectivity index (χ0v) is 13.9. The van der Waals surface area contributed by atoms with Gasteiger partial charge in [-0.05, 0) is 54.8 Å². The van der Waals surface area contributed by atoms with Gasteiger partial charge in [-0.25, -0.2) is 0 Å². The van der Waals surface area contributed by atoms with Crippen LogP contribution >= 0.6 is 0 Å². The Morgan fingerprint density at radius 2 is 2.05 bits per heavy atom. The second-order valence-corrected chi connectivity index (χ2v) is 8.36. The normalized spacial score (nSPS) is 47.8. The molecule has 6 atom stereocenters. The van der Waals surface area contributed by atoms with E-state index < -0.39 is 0 Å². The molecule has 0 heterocycles. The second kappa shape index (κ2) is 4.83. The summed E-state index contributed by atoms with van der Waals surface area (Å²) in [6, 6.07) is 0. The number of carbonyl (C=O) groups excluding carboxylic acids is 1. The first-order chi connectivity index (χ1) is 9.91. The highest BCUT2D eigenvalue weighted by Gasteiger charge is 2.68. The number of Topliss-reactive ketones (excluding diaryl/α,β-unsaturated/α-hetero) is 1. The molecule has 0 saturated heterocycles. The molecule has 0 unspecified atom stereocenters. The fourth-order valence-electron chi connectivity index (χ4n) is 6.11. The van der Waals surface area contributed by atoms with Crippen molar-refractivity contribution >= 4 is 5.78 Å². The van der Waals surface area contributed by atoms with Crippen LogP contribution in [-0.4, -0.2) is 5.78 Å². The summed E-state index contributed by atoms with van der Waals surface area (Å²) in [6.45, 7) is 15.0. The van der Waals surface area contributed by atoms with Crippen LogP contribution in [0.4, 0.5) is 0 Å². The molecule has 0 aromatic heterocycles. The van der Waals surface area contributed by atoms with Crippen molar-refractivity contribution in [1.82, 2.24) is 0 Å². The van der Waals surface area contributed by atoms with Gasteiger partial charge in [0.15, 0.2) is 0 Å². The van der Waals surface area contributed by atoms with E-state index in [0.29, 0.717) is 29.0 Å². The predicted octanol–water partition coefficient (Wildman–Crippen LogP) is 5.03. The van der Waals surface area contributed by atoms with Crippen LogP contribution in [0.5, 0.6) is 0 Å². The Labute approximate surface area is 129 Å². The molecule has 0 aromatic carbocycles. The molecular weight excluding hydrogens is 256 g/mol. The molecule has 3 saturated carbocycles. The molecule has 0 bridgehead atoms. The van der Waals surface area contributed by atoms with Gasteiger partial charge in [0.05, 0.1) is 0 Å². The van der Waals surface area contributed by atoms with Gasteiger partial charge < -0.3 is 0 Å². The lowest BCUT2D eigenvalue weighted by molar-refractivity contribution is -0.138. The fraction of sp³-hybridized carbons (Fsp3) is 0.750. The maximum absolute atomic E-state index is 13.6. The van der Waals surface area contributed by atoms with E-state index in [1.807, 2.05) is 6.08 Å². The van der Waals surface area contributed by atoms with Gasteiger partial charge in [-0.3, -0.25) is 4.79 Å². The van der Waals surface area contributed by atoms with Crippen molar-refractivity contribution in [3.63, 3.8) is 0 Å². The predicted molar refractivity (Wildman–Crippen MR) is 87.8 cm³/mol. The third-order valence-electron chi connectivity index (χ3n) is 7.33. The molecule has 3 aliphatic carbocycles. The molecule has 1 heteroatoms. The van der Waals surface area contributed by atoms with Gasteiger partial charge in [-0.2, -0.15) is 0 Å². The van der Waals surface area contributed by atoms with Crippen molar-refractivity contribution in [3.05, 3.63) is 25.3 Å². The average Bonchev–Trinajstić information content (AvgIpc) is 2.84. The quantitative estimate of drug-likeness (QED) is 0.665. The third-order valence-corrected chi connectivity index (χ3v) is 7.33. The lowest BCUT2D eigenvalue weighted by Gasteiger charge is -2.40. The van der Waals surface area contributed by atoms with E-state index in [-0.39, 0.29) is 11.3 Å². The highest BCUT2D eigenvalue weighted by atomic mass is 16.1. The van der Waals surface area contributed by atoms with E-state index in [1.165, 1.54) is 12.8 Å². The van der Waals surface area contributed by atoms with Crippen LogP contribution in [0.15, 0.2) is 25.3 Å². The van der Waals surface area contributed by atoms with Crippen molar-refractivity contribution in [2.75, 3.05) is 0 Å². The van der Waals surface area contributed by atoms with Gasteiger partial charge in [0.25, 0.3) is 0 Å². The number of fused-ring (bicyclic) bond motifs is 1. The first-order valence-corrected chi connectivity index (χ1v) is 8.69. The molecule has 0 amide bonds. The average molecular weight is 286 g/mol. The summed E-state index contributed by atoms with van der Waals surface area (Å²) in [5.74, 6) is 2.96. The van der Waals surface area contributed by atoms with Crippen molar-refractivity contribution in [2.45, 2.75) is 52.9 Å². The van der Waals surface area contributed by atoms with Crippen LogP contribution in [0.1, 0.15) is 52.9 Å². The summed E-state index contributed by atoms with van der Waals surface area (Å²) in [4.78, 5) is 13.6. The Kier molecular flexibility index (Phi) is 3.46. The van der Waals surface area contributed by atoms with Gasteiger partial charge in [-0.1, -0.05) is 39.3 Å². The molecule has 0 N–H and O–H groups in total. The van der Waals surface area contributed by atoms with Crippen LogP contribution in [0, 0.1) is 40.4 Å². The molecule has 0 radical (unpaired) electrons. The SMILES string of the molecule is C=CC[C@@H]1C(=O)[C@]2(CCC[C@H]2C=C)[C@H](C)C[C@@H]2[C@@H]1C2(C)C. The van der Waals surface area contributed by atoms with E-state index in [9.17, 15) is 4.79 Å². The second-order valence-electron chi connectivity index (χ2n) is 8.36. The van der Waals surface area contributed by atoms with Crippen LogP contribution in [0.3, 0.4) is 0 Å². The molecule has 3 fully saturated rings. The van der Waals surface area contributed by atoms with E-state index in [1.54, 1.807) is 0 Å². The van der Waals surface area contributed by atoms with Crippen LogP contribution in [0.25, 0.3) is 0 Å². The van der Waals surface area contributed by atoms with Crippen molar-refractivity contribution < 1.29 is 4.79 Å². The van der Waals surface area contributed by atoms with E-state index in [0.717, 1.165) is 25.2 Å². The summed E-state index contributed by atoms with van der Waals surface area (Å²) in [5, 5.41) is 0. The van der Waals surface area contributed by atoms with Gasteiger partial charge in [0.2, 0.25) is 0 Å². The maximum atomic E-state index is 13.6. The number of carbonyl (C=O) groups is 1. The van der Waals surface area contributed by atoms with Gasteiger partial charge in [0.1, 0.15) is 5.78 Å². The van der Waals surface area contributed by atoms with Crippen LogP contribution in [0.2, 0.25) is 0 Å². The summed E-state index contributed by atoms with van der Waals surface area (Å²) in [5.41, 5.74) is 0.237. The van der Waals surface area contributed by atoms with E-state index >= 15 is 0 Å². The topological polar surface area (TPSA) is 17.1 Å². The maximum Gasteiger partial charge on any atom is 0.143 e. The van der Waals surface area contributed by atoms with Crippen LogP contribution < -0.4 is 0 Å². The fourth-order valence-corrected chi connectivity index (χ4v) is 6.11. The van der Waals surface area contributed by atoms with Crippen molar-refractivity contribution in [3.8, 4) is 0 Å². The number of rotatable bonds is 3. The Morgan fingerprint density at radius 1 is 1.33 bits per heavy atom. The smallest absolute Gasteiger partial charge is 0.143 e. The molecular formula is C20H30O. The zero-order valence-electron chi connectivity index (χ0n) is 13.9. The Hall–Kier alpha value is -0.850. The number of hydrogen-bond acceptors (Lipinski definition) is 1. The van der Waals surface area contributed by atoms with Gasteiger partial charge in [-0.15, -0.1) is 13.2 Å². The van der Waals surface area contributed by atoms with Gasteiger partial charge >= 0.3 is 0 Å². The molecule has 0 aliphatic heterocycles. The lowest BCUT2D eigenvalue weighted by Crippen LogP contribution is -2.43. The first-order valence-electron chi connectivity index (χ1n) is 8.69. The standard InChI is InChI=1S/C20H30O/c1-6-9-15-17-16(19(17,4)5)12-13(3)20(18(15)21)11-8-10-14(20)7-2/h6-7,13-17H,1-2,8-12H2,3-5H3/t13-,14-,15+,16-,17-,20-/m1/s1.